The van der Waals surface area contributed by atoms with Gasteiger partial charge in [0.05, 0.1) is 11.9 Å². The molecule has 0 unspecified atom stereocenters. The minimum absolute atomic E-state index is 0.0690. The number of anilines is 1. The van der Waals surface area contributed by atoms with E-state index in [9.17, 15) is 18.0 Å². The van der Waals surface area contributed by atoms with Crippen LogP contribution in [0, 0.1) is 13.8 Å². The van der Waals surface area contributed by atoms with E-state index in [4.69, 9.17) is 23.2 Å². The molecule has 1 N–H and O–H groups in total. The molecule has 7 nitrogen and oxygen atoms in total. The van der Waals surface area contributed by atoms with Gasteiger partial charge in [0.25, 0.3) is 0 Å². The Morgan fingerprint density at radius 2 is 1.63 bits per heavy atom. The summed E-state index contributed by atoms with van der Waals surface area (Å²) in [6, 6.07) is 9.43. The normalized spacial score (nSPS) is 12.7. The van der Waals surface area contributed by atoms with Crippen molar-refractivity contribution in [1.82, 2.24) is 10.2 Å². The fourth-order valence-electron chi connectivity index (χ4n) is 3.49. The van der Waals surface area contributed by atoms with Crippen LogP contribution in [0.1, 0.15) is 44.4 Å². The third-order valence-electron chi connectivity index (χ3n) is 5.37. The molecule has 10 heteroatoms. The Morgan fingerprint density at radius 1 is 1.06 bits per heavy atom. The van der Waals surface area contributed by atoms with Gasteiger partial charge in [-0.3, -0.25) is 13.9 Å². The molecule has 0 fully saturated rings. The molecule has 0 spiro atoms. The molecular formula is C25H33Cl2N3O4S. The lowest BCUT2D eigenvalue weighted by Crippen LogP contribution is -2.54. The van der Waals surface area contributed by atoms with Crippen molar-refractivity contribution in [1.29, 1.82) is 0 Å². The molecule has 0 radical (unpaired) electrons. The van der Waals surface area contributed by atoms with E-state index in [0.29, 0.717) is 26.9 Å². The van der Waals surface area contributed by atoms with Crippen molar-refractivity contribution in [2.75, 3.05) is 17.1 Å². The highest BCUT2D eigenvalue weighted by Gasteiger charge is 2.32. The number of aryl methyl sites for hydroxylation is 2. The lowest BCUT2D eigenvalue weighted by atomic mass is 10.1. The van der Waals surface area contributed by atoms with Crippen LogP contribution in [-0.4, -0.2) is 49.5 Å². The van der Waals surface area contributed by atoms with Crippen LogP contribution in [0.5, 0.6) is 0 Å². The molecule has 35 heavy (non-hydrogen) atoms. The van der Waals surface area contributed by atoms with Gasteiger partial charge in [0.2, 0.25) is 21.8 Å². The third kappa shape index (κ3) is 7.85. The number of amides is 2. The second-order valence-electron chi connectivity index (χ2n) is 9.70. The van der Waals surface area contributed by atoms with Crippen molar-refractivity contribution in [3.63, 3.8) is 0 Å². The largest absolute Gasteiger partial charge is 0.350 e. The summed E-state index contributed by atoms with van der Waals surface area (Å²) in [5.41, 5.74) is 1.90. The standard InChI is InChI=1S/C25H33Cl2N3O4S/c1-16-11-12-17(2)22(13-16)30(35(7,33)34)15-23(31)29(18(3)24(32)28-25(4,5)6)14-19-20(26)9-8-10-21(19)27/h8-13,18H,14-15H2,1-7H3,(H,28,32)/t18-/m1/s1. The zero-order valence-electron chi connectivity index (χ0n) is 21.1. The zero-order valence-corrected chi connectivity index (χ0v) is 23.5. The fourth-order valence-corrected chi connectivity index (χ4v) is 4.91. The third-order valence-corrected chi connectivity index (χ3v) is 7.20. The molecule has 0 aromatic heterocycles. The summed E-state index contributed by atoms with van der Waals surface area (Å²) >= 11 is 12.7. The zero-order chi connectivity index (χ0) is 26.7. The maximum Gasteiger partial charge on any atom is 0.244 e. The van der Waals surface area contributed by atoms with Gasteiger partial charge in [-0.1, -0.05) is 41.4 Å². The van der Waals surface area contributed by atoms with Crippen molar-refractivity contribution < 1.29 is 18.0 Å². The summed E-state index contributed by atoms with van der Waals surface area (Å²) in [7, 11) is -3.82. The number of benzene rings is 2. The second-order valence-corrected chi connectivity index (χ2v) is 12.4. The first-order valence-corrected chi connectivity index (χ1v) is 13.7. The van der Waals surface area contributed by atoms with E-state index in [2.05, 4.69) is 5.32 Å². The number of hydrogen-bond acceptors (Lipinski definition) is 4. The number of carbonyl (C=O) groups excluding carboxylic acids is 2. The summed E-state index contributed by atoms with van der Waals surface area (Å²) in [5.74, 6) is -0.949. The highest BCUT2D eigenvalue weighted by Crippen LogP contribution is 2.28. The summed E-state index contributed by atoms with van der Waals surface area (Å²) < 4.78 is 26.6. The molecule has 0 aliphatic carbocycles. The van der Waals surface area contributed by atoms with Crippen LogP contribution >= 0.6 is 23.2 Å². The highest BCUT2D eigenvalue weighted by atomic mass is 35.5. The van der Waals surface area contributed by atoms with Crippen molar-refractivity contribution in [3.8, 4) is 0 Å². The van der Waals surface area contributed by atoms with Crippen molar-refractivity contribution in [3.05, 3.63) is 63.1 Å². The maximum atomic E-state index is 13.7. The van der Waals surface area contributed by atoms with Gasteiger partial charge < -0.3 is 10.2 Å². The minimum Gasteiger partial charge on any atom is -0.350 e. The van der Waals surface area contributed by atoms with Gasteiger partial charge in [-0.25, -0.2) is 8.42 Å². The lowest BCUT2D eigenvalue weighted by Gasteiger charge is -2.33. The van der Waals surface area contributed by atoms with Gasteiger partial charge in [0.1, 0.15) is 12.6 Å². The first-order valence-electron chi connectivity index (χ1n) is 11.1. The highest BCUT2D eigenvalue weighted by molar-refractivity contribution is 7.92. The Morgan fingerprint density at radius 3 is 2.14 bits per heavy atom. The Bertz CT molecular complexity index is 1190. The number of hydrogen-bond donors (Lipinski definition) is 1. The van der Waals surface area contributed by atoms with Crippen LogP contribution in [0.25, 0.3) is 0 Å². The first kappa shape index (κ1) is 28.9. The van der Waals surface area contributed by atoms with Crippen LogP contribution in [-0.2, 0) is 26.2 Å². The summed E-state index contributed by atoms with van der Waals surface area (Å²) in [6.07, 6.45) is 1.05. The maximum absolute atomic E-state index is 13.7. The Kier molecular flexibility index (Phi) is 9.25. The van der Waals surface area contributed by atoms with E-state index in [1.54, 1.807) is 44.2 Å². The number of halogens is 2. The molecule has 0 heterocycles. The number of rotatable bonds is 8. The van der Waals surface area contributed by atoms with E-state index >= 15 is 0 Å². The molecule has 0 bridgehead atoms. The van der Waals surface area contributed by atoms with Gasteiger partial charge in [0, 0.05) is 27.7 Å². The molecule has 0 saturated carbocycles. The smallest absolute Gasteiger partial charge is 0.244 e. The van der Waals surface area contributed by atoms with Crippen molar-refractivity contribution in [2.24, 2.45) is 0 Å². The Hall–Kier alpha value is -2.29. The van der Waals surface area contributed by atoms with Crippen LogP contribution in [0.3, 0.4) is 0 Å². The van der Waals surface area contributed by atoms with Crippen LogP contribution in [0.15, 0.2) is 36.4 Å². The van der Waals surface area contributed by atoms with Gasteiger partial charge in [-0.2, -0.15) is 0 Å². The van der Waals surface area contributed by atoms with E-state index in [-0.39, 0.29) is 12.5 Å². The molecule has 192 valence electrons. The SMILES string of the molecule is Cc1ccc(C)c(N(CC(=O)N(Cc2c(Cl)cccc2Cl)[C@H](C)C(=O)NC(C)(C)C)S(C)(=O)=O)c1. The minimum atomic E-state index is -3.82. The average molecular weight is 543 g/mol. The van der Waals surface area contributed by atoms with Crippen LogP contribution in [0.2, 0.25) is 10.0 Å². The topological polar surface area (TPSA) is 86.8 Å². The van der Waals surface area contributed by atoms with Crippen molar-refractivity contribution >= 4 is 50.7 Å². The Balaban J connectivity index is 2.51. The number of sulfonamides is 1. The fraction of sp³-hybridized carbons (Fsp3) is 0.440. The molecule has 2 aromatic carbocycles. The predicted molar refractivity (Wildman–Crippen MR) is 142 cm³/mol. The van der Waals surface area contributed by atoms with Gasteiger partial charge in [0.15, 0.2) is 0 Å². The number of carbonyl (C=O) groups is 2. The molecule has 0 saturated heterocycles. The second kappa shape index (κ2) is 11.2. The molecule has 0 aliphatic rings. The van der Waals surface area contributed by atoms with E-state index in [1.807, 2.05) is 33.8 Å². The lowest BCUT2D eigenvalue weighted by molar-refractivity contribution is -0.140. The molecule has 2 rings (SSSR count). The summed E-state index contributed by atoms with van der Waals surface area (Å²) in [5, 5.41) is 3.55. The molecule has 2 aromatic rings. The van der Waals surface area contributed by atoms with E-state index in [1.165, 1.54) is 4.90 Å². The molecule has 0 aliphatic heterocycles. The molecular weight excluding hydrogens is 509 g/mol. The van der Waals surface area contributed by atoms with E-state index in [0.717, 1.165) is 16.1 Å². The quantitative estimate of drug-likeness (QED) is 0.524. The molecule has 2 amide bonds. The monoisotopic (exact) mass is 541 g/mol. The van der Waals surface area contributed by atoms with Gasteiger partial charge in [-0.15, -0.1) is 0 Å². The molecule has 1 atom stereocenters. The average Bonchev–Trinajstić information content (AvgIpc) is 2.71. The predicted octanol–water partition coefficient (Wildman–Crippen LogP) is 4.71. The number of nitrogens with zero attached hydrogens (tertiary/aromatic N) is 2. The van der Waals surface area contributed by atoms with E-state index < -0.39 is 34.1 Å². The van der Waals surface area contributed by atoms with Gasteiger partial charge >= 0.3 is 0 Å². The number of nitrogens with one attached hydrogen (secondary N) is 1. The Labute approximate surface area is 218 Å². The first-order chi connectivity index (χ1) is 16.0. The van der Waals surface area contributed by atoms with Gasteiger partial charge in [-0.05, 0) is 70.9 Å². The van der Waals surface area contributed by atoms with Crippen molar-refractivity contribution in [2.45, 2.75) is 59.7 Å². The van der Waals surface area contributed by atoms with Crippen LogP contribution < -0.4 is 9.62 Å². The van der Waals surface area contributed by atoms with Crippen LogP contribution in [0.4, 0.5) is 5.69 Å². The summed E-state index contributed by atoms with van der Waals surface area (Å²) in [6.45, 7) is 10.2. The summed E-state index contributed by atoms with van der Waals surface area (Å²) in [4.78, 5) is 28.0.